The molecule has 1 atom stereocenters. The number of fused-ring (bicyclic) bond motifs is 1. The Morgan fingerprint density at radius 2 is 1.68 bits per heavy atom. The Morgan fingerprint density at radius 3 is 2.27 bits per heavy atom. The fourth-order valence-electron chi connectivity index (χ4n) is 3.89. The molecule has 1 aromatic carbocycles. The van der Waals surface area contributed by atoms with Crippen molar-refractivity contribution in [1.29, 1.82) is 0 Å². The highest BCUT2D eigenvalue weighted by atomic mass is 28.4. The molecule has 0 spiro atoms. The summed E-state index contributed by atoms with van der Waals surface area (Å²) in [5.41, 5.74) is 7.90. The maximum absolute atomic E-state index is 6.65. The van der Waals surface area contributed by atoms with E-state index < -0.39 is 23.7 Å². The summed E-state index contributed by atoms with van der Waals surface area (Å²) in [6.07, 6.45) is 3.43. The van der Waals surface area contributed by atoms with Crippen LogP contribution in [0.4, 0.5) is 11.8 Å². The first-order valence-corrected chi connectivity index (χ1v) is 18.7. The van der Waals surface area contributed by atoms with Gasteiger partial charge in [-0.1, -0.05) is 61.5 Å². The molecule has 0 aliphatic rings. The number of aromatic nitrogens is 3. The van der Waals surface area contributed by atoms with Gasteiger partial charge in [-0.3, -0.25) is 4.98 Å². The van der Waals surface area contributed by atoms with Gasteiger partial charge in [-0.25, -0.2) is 4.98 Å². The van der Waals surface area contributed by atoms with E-state index in [-0.39, 0.29) is 27.9 Å². The predicted molar refractivity (Wildman–Crippen MR) is 176 cm³/mol. The van der Waals surface area contributed by atoms with Gasteiger partial charge in [0, 0.05) is 11.6 Å². The van der Waals surface area contributed by atoms with E-state index in [2.05, 4.69) is 109 Å². The average molecular weight is 598 g/mol. The van der Waals surface area contributed by atoms with E-state index in [1.807, 2.05) is 18.2 Å². The largest absolute Gasteiger partial charge is 0.452 e. The molecule has 8 nitrogen and oxygen atoms in total. The monoisotopic (exact) mass is 597 g/mol. The number of hydrogen-bond acceptors (Lipinski definition) is 8. The number of rotatable bonds is 11. The highest BCUT2D eigenvalue weighted by molar-refractivity contribution is 6.74. The first kappa shape index (κ1) is 33.0. The Labute approximate surface area is 250 Å². The second-order valence-corrected chi connectivity index (χ2v) is 22.0. The summed E-state index contributed by atoms with van der Waals surface area (Å²) < 4.78 is 19.5. The number of nitrogens with zero attached hydrogens (tertiary/aromatic N) is 3. The average Bonchev–Trinajstić information content (AvgIpc) is 2.85. The molecule has 10 heteroatoms. The second kappa shape index (κ2) is 12.4. The second-order valence-electron chi connectivity index (χ2n) is 14.5. The highest BCUT2D eigenvalue weighted by Gasteiger charge is 2.40. The van der Waals surface area contributed by atoms with Crippen molar-refractivity contribution in [3.8, 4) is 11.5 Å². The molecule has 0 saturated heterocycles. The third-order valence-corrected chi connectivity index (χ3v) is 14.1. The zero-order valence-electron chi connectivity index (χ0n) is 27.2. The topological polar surface area (TPSA) is 104 Å². The number of benzene rings is 1. The summed E-state index contributed by atoms with van der Waals surface area (Å²) in [5, 5.41) is 4.75. The Kier molecular flexibility index (Phi) is 9.95. The van der Waals surface area contributed by atoms with Crippen molar-refractivity contribution in [3.63, 3.8) is 0 Å². The van der Waals surface area contributed by atoms with Crippen LogP contribution in [0.5, 0.6) is 11.5 Å². The lowest BCUT2D eigenvalue weighted by Gasteiger charge is -2.41. The van der Waals surface area contributed by atoms with Crippen LogP contribution in [0.2, 0.25) is 23.2 Å². The Balaban J connectivity index is 1.87. The predicted octanol–water partition coefficient (Wildman–Crippen LogP) is 7.42. The lowest BCUT2D eigenvalue weighted by Crippen LogP contribution is -2.52. The van der Waals surface area contributed by atoms with Crippen LogP contribution in [0.3, 0.4) is 0 Å². The molecule has 1 unspecified atom stereocenters. The SMILES string of the molecule is CC(C)c1cc2ncccc2cc1Oc1cnc(NC(CO[Si](C)(C)C(C)(C)C)C(C)(C)O[SiH2]C(C)(C)C)nc1N. The van der Waals surface area contributed by atoms with Gasteiger partial charge in [0.15, 0.2) is 29.6 Å². The quantitative estimate of drug-likeness (QED) is 0.220. The summed E-state index contributed by atoms with van der Waals surface area (Å²) in [7, 11) is -2.81. The minimum Gasteiger partial charge on any atom is -0.452 e. The fraction of sp³-hybridized carbons (Fsp3) is 0.581. The van der Waals surface area contributed by atoms with Gasteiger partial charge in [0.2, 0.25) is 5.95 Å². The molecule has 2 aromatic heterocycles. The van der Waals surface area contributed by atoms with E-state index in [1.165, 1.54) is 0 Å². The van der Waals surface area contributed by atoms with Crippen LogP contribution >= 0.6 is 0 Å². The van der Waals surface area contributed by atoms with Crippen LogP contribution < -0.4 is 15.8 Å². The number of ether oxygens (including phenoxy) is 1. The van der Waals surface area contributed by atoms with Crippen molar-refractivity contribution in [3.05, 3.63) is 42.2 Å². The molecule has 226 valence electrons. The summed E-state index contributed by atoms with van der Waals surface area (Å²) in [4.78, 5) is 13.7. The first-order chi connectivity index (χ1) is 18.8. The van der Waals surface area contributed by atoms with E-state index in [4.69, 9.17) is 19.3 Å². The zero-order chi connectivity index (χ0) is 30.8. The van der Waals surface area contributed by atoms with Gasteiger partial charge in [0.05, 0.1) is 30.0 Å². The molecule has 3 N–H and O–H groups in total. The summed E-state index contributed by atoms with van der Waals surface area (Å²) in [6, 6.07) is 7.82. The van der Waals surface area contributed by atoms with Crippen molar-refractivity contribution in [2.24, 2.45) is 0 Å². The van der Waals surface area contributed by atoms with Crippen molar-refractivity contribution in [2.75, 3.05) is 17.7 Å². The molecule has 0 bridgehead atoms. The highest BCUT2D eigenvalue weighted by Crippen LogP contribution is 2.38. The minimum absolute atomic E-state index is 0.0935. The molecule has 3 rings (SSSR count). The van der Waals surface area contributed by atoms with Crippen LogP contribution in [0.15, 0.2) is 36.7 Å². The number of nitrogens with one attached hydrogen (secondary N) is 1. The van der Waals surface area contributed by atoms with Crippen LogP contribution in [0, 0.1) is 0 Å². The van der Waals surface area contributed by atoms with Gasteiger partial charge in [0.1, 0.15) is 5.75 Å². The molecule has 2 heterocycles. The van der Waals surface area contributed by atoms with Crippen molar-refractivity contribution in [2.45, 2.75) is 110 Å². The van der Waals surface area contributed by atoms with Gasteiger partial charge < -0.3 is 24.6 Å². The summed E-state index contributed by atoms with van der Waals surface area (Å²) in [6.45, 7) is 26.9. The summed E-state index contributed by atoms with van der Waals surface area (Å²) >= 11 is 0. The number of hydrogen-bond donors (Lipinski definition) is 2. The lowest BCUT2D eigenvalue weighted by molar-refractivity contribution is 0.0639. The van der Waals surface area contributed by atoms with E-state index in [1.54, 1.807) is 12.4 Å². The van der Waals surface area contributed by atoms with Crippen LogP contribution in [0.25, 0.3) is 10.9 Å². The smallest absolute Gasteiger partial charge is 0.225 e. The van der Waals surface area contributed by atoms with Gasteiger partial charge in [-0.15, -0.1) is 0 Å². The molecule has 0 radical (unpaired) electrons. The fourth-order valence-corrected chi connectivity index (χ4v) is 5.91. The van der Waals surface area contributed by atoms with Crippen LogP contribution in [-0.4, -0.2) is 51.3 Å². The summed E-state index contributed by atoms with van der Waals surface area (Å²) in [5.74, 6) is 2.04. The molecular weight excluding hydrogens is 547 g/mol. The van der Waals surface area contributed by atoms with E-state index in [9.17, 15) is 0 Å². The normalized spacial score (nSPS) is 14.3. The molecule has 3 aromatic rings. The molecular formula is C31H51N5O3Si2. The molecule has 0 fully saturated rings. The number of pyridine rings is 1. The van der Waals surface area contributed by atoms with Crippen LogP contribution in [0.1, 0.15) is 80.7 Å². The van der Waals surface area contributed by atoms with Gasteiger partial charge in [-0.05, 0) is 66.7 Å². The molecule has 41 heavy (non-hydrogen) atoms. The van der Waals surface area contributed by atoms with E-state index in [0.717, 1.165) is 22.2 Å². The first-order valence-electron chi connectivity index (χ1n) is 14.5. The zero-order valence-corrected chi connectivity index (χ0v) is 29.6. The Morgan fingerprint density at radius 1 is 1.00 bits per heavy atom. The molecule has 0 aliphatic carbocycles. The maximum atomic E-state index is 6.65. The molecule has 0 aliphatic heterocycles. The van der Waals surface area contributed by atoms with E-state index >= 15 is 0 Å². The molecule has 0 amide bonds. The Hall–Kier alpha value is -2.54. The third-order valence-electron chi connectivity index (χ3n) is 7.80. The van der Waals surface area contributed by atoms with Crippen LogP contribution in [-0.2, 0) is 8.85 Å². The van der Waals surface area contributed by atoms with Gasteiger partial charge in [-0.2, -0.15) is 4.98 Å². The van der Waals surface area contributed by atoms with Crippen molar-refractivity contribution < 1.29 is 13.6 Å². The Bertz CT molecular complexity index is 1330. The minimum atomic E-state index is -2.00. The number of nitrogens with two attached hydrogens (primary N) is 1. The maximum Gasteiger partial charge on any atom is 0.225 e. The van der Waals surface area contributed by atoms with Gasteiger partial charge >= 0.3 is 0 Å². The van der Waals surface area contributed by atoms with Crippen molar-refractivity contribution >= 4 is 40.7 Å². The number of anilines is 2. The molecule has 0 saturated carbocycles. The number of nitrogen functional groups attached to an aromatic ring is 1. The van der Waals surface area contributed by atoms with Gasteiger partial charge in [0.25, 0.3) is 0 Å². The van der Waals surface area contributed by atoms with Crippen molar-refractivity contribution in [1.82, 2.24) is 15.0 Å². The standard InChI is InChI=1S/C31H51N5O3Si2/c1-20(2)22-17-23-21(14-13-15-33-23)16-24(22)38-25-18-34-28(36-27(25)32)35-26(19-37-41(11,12)30(6,7)8)31(9,10)39-40-29(3,4)5/h13-18,20,26H,19,40H2,1-12H3,(H3,32,34,35,36). The third kappa shape index (κ3) is 8.73. The van der Waals surface area contributed by atoms with E-state index in [0.29, 0.717) is 18.3 Å². The lowest BCUT2D eigenvalue weighted by atomic mass is 10.00.